The fourth-order valence-corrected chi connectivity index (χ4v) is 4.59. The Hall–Kier alpha value is -2.74. The van der Waals surface area contributed by atoms with Crippen molar-refractivity contribution >= 4 is 50.5 Å². The van der Waals surface area contributed by atoms with E-state index in [1.165, 1.54) is 42.5 Å². The second-order valence-electron chi connectivity index (χ2n) is 7.33. The van der Waals surface area contributed by atoms with Crippen molar-refractivity contribution in [2.45, 2.75) is 31.8 Å². The summed E-state index contributed by atoms with van der Waals surface area (Å²) in [6.45, 7) is 5.55. The third kappa shape index (κ3) is 6.16. The molecule has 0 aliphatic heterocycles. The molecular formula is C23H22Cl2N2O4S. The normalized spacial score (nSPS) is 12.2. The average molecular weight is 493 g/mol. The molecule has 0 saturated carbocycles. The fraction of sp³-hybridized carbons (Fsp3) is 0.174. The maximum absolute atomic E-state index is 12.6. The molecule has 3 aromatic carbocycles. The first-order chi connectivity index (χ1) is 15.0. The van der Waals surface area contributed by atoms with Crippen LogP contribution >= 0.6 is 23.2 Å². The molecule has 6 nitrogen and oxygen atoms in total. The van der Waals surface area contributed by atoms with E-state index in [9.17, 15) is 13.2 Å². The predicted molar refractivity (Wildman–Crippen MR) is 128 cm³/mol. The molecule has 3 aromatic rings. The van der Waals surface area contributed by atoms with Crippen molar-refractivity contribution in [3.05, 3.63) is 81.8 Å². The zero-order chi connectivity index (χ0) is 23.5. The molecule has 0 fully saturated rings. The number of sulfonamides is 1. The quantitative estimate of drug-likeness (QED) is 0.435. The molecule has 1 atom stereocenters. The number of anilines is 2. The van der Waals surface area contributed by atoms with Gasteiger partial charge in [-0.2, -0.15) is 0 Å². The van der Waals surface area contributed by atoms with Crippen LogP contribution in [0.1, 0.15) is 18.1 Å². The van der Waals surface area contributed by atoms with E-state index < -0.39 is 16.1 Å². The van der Waals surface area contributed by atoms with Crippen molar-refractivity contribution in [1.29, 1.82) is 0 Å². The molecule has 1 amide bonds. The first-order valence-electron chi connectivity index (χ1n) is 9.67. The molecule has 0 spiro atoms. The number of hydrogen-bond donors (Lipinski definition) is 2. The minimum Gasteiger partial charge on any atom is -0.481 e. The monoisotopic (exact) mass is 492 g/mol. The van der Waals surface area contributed by atoms with Crippen LogP contribution in [0, 0.1) is 13.8 Å². The summed E-state index contributed by atoms with van der Waals surface area (Å²) in [5, 5.41) is 3.30. The Balaban J connectivity index is 1.66. The highest BCUT2D eigenvalue weighted by Crippen LogP contribution is 2.28. The van der Waals surface area contributed by atoms with Crippen molar-refractivity contribution in [3.63, 3.8) is 0 Å². The smallest absolute Gasteiger partial charge is 0.265 e. The Labute approximate surface area is 197 Å². The molecule has 0 unspecified atom stereocenters. The van der Waals surface area contributed by atoms with Crippen molar-refractivity contribution in [3.8, 4) is 5.75 Å². The van der Waals surface area contributed by atoms with Gasteiger partial charge in [0.1, 0.15) is 5.75 Å². The standard InChI is InChI=1S/C23H22Cl2N2O4S/c1-14-10-15(2)12-19(11-14)31-16(3)23(28)26-18-5-7-20(8-6-18)32(29,30)27-22-9-4-17(24)13-21(22)25/h4-13,16,27H,1-3H3,(H,26,28)/t16-/m1/s1. The fourth-order valence-electron chi connectivity index (χ4n) is 3.00. The molecule has 9 heteroatoms. The number of aryl methyl sites for hydroxylation is 2. The number of benzene rings is 3. The summed E-state index contributed by atoms with van der Waals surface area (Å²) in [6, 6.07) is 16.0. The van der Waals surface area contributed by atoms with Crippen molar-refractivity contribution in [2.75, 3.05) is 10.0 Å². The summed E-state index contributed by atoms with van der Waals surface area (Å²) in [4.78, 5) is 12.5. The van der Waals surface area contributed by atoms with Crippen LogP contribution in [0.3, 0.4) is 0 Å². The lowest BCUT2D eigenvalue weighted by atomic mass is 10.1. The number of hydrogen-bond acceptors (Lipinski definition) is 4. The summed E-state index contributed by atoms with van der Waals surface area (Å²) in [6.07, 6.45) is -0.742. The van der Waals surface area contributed by atoms with E-state index in [-0.39, 0.29) is 21.5 Å². The van der Waals surface area contributed by atoms with Gasteiger partial charge >= 0.3 is 0 Å². The number of rotatable bonds is 7. The lowest BCUT2D eigenvalue weighted by molar-refractivity contribution is -0.122. The maximum Gasteiger partial charge on any atom is 0.265 e. The number of amides is 1. The van der Waals surface area contributed by atoms with Crippen LogP contribution in [0.15, 0.2) is 65.6 Å². The summed E-state index contributed by atoms with van der Waals surface area (Å²) in [5.74, 6) is 0.254. The number of carbonyl (C=O) groups is 1. The number of carbonyl (C=O) groups excluding carboxylic acids is 1. The first-order valence-corrected chi connectivity index (χ1v) is 11.9. The lowest BCUT2D eigenvalue weighted by Crippen LogP contribution is -2.30. The molecule has 0 aliphatic carbocycles. The van der Waals surface area contributed by atoms with Gasteiger partial charge in [-0.05, 0) is 86.5 Å². The highest BCUT2D eigenvalue weighted by Gasteiger charge is 2.18. The molecule has 0 aliphatic rings. The summed E-state index contributed by atoms with van der Waals surface area (Å²) in [7, 11) is -3.87. The Morgan fingerprint density at radius 1 is 0.938 bits per heavy atom. The summed E-state index contributed by atoms with van der Waals surface area (Å²) >= 11 is 11.9. The van der Waals surface area contributed by atoms with Gasteiger partial charge in [-0.25, -0.2) is 8.42 Å². The van der Waals surface area contributed by atoms with E-state index in [0.29, 0.717) is 16.5 Å². The molecule has 0 aromatic heterocycles. The van der Waals surface area contributed by atoms with Gasteiger partial charge in [-0.1, -0.05) is 29.3 Å². The summed E-state index contributed by atoms with van der Waals surface area (Å²) in [5.41, 5.74) is 2.73. The first kappa shape index (κ1) is 23.9. The van der Waals surface area contributed by atoms with E-state index in [1.807, 2.05) is 32.0 Å². The largest absolute Gasteiger partial charge is 0.481 e. The van der Waals surface area contributed by atoms with Crippen LogP contribution in [-0.2, 0) is 14.8 Å². The average Bonchev–Trinajstić information content (AvgIpc) is 2.69. The zero-order valence-electron chi connectivity index (χ0n) is 17.6. The molecular weight excluding hydrogens is 471 g/mol. The van der Waals surface area contributed by atoms with Gasteiger partial charge in [0, 0.05) is 10.7 Å². The Morgan fingerprint density at radius 3 is 2.16 bits per heavy atom. The van der Waals surface area contributed by atoms with Gasteiger partial charge in [-0.3, -0.25) is 9.52 Å². The Bertz CT molecular complexity index is 1230. The van der Waals surface area contributed by atoms with Gasteiger partial charge in [0.05, 0.1) is 15.6 Å². The van der Waals surface area contributed by atoms with Gasteiger partial charge in [0.15, 0.2) is 6.10 Å². The molecule has 0 saturated heterocycles. The van der Waals surface area contributed by atoms with Crippen molar-refractivity contribution in [2.24, 2.45) is 0 Å². The van der Waals surface area contributed by atoms with Crippen LogP contribution < -0.4 is 14.8 Å². The van der Waals surface area contributed by atoms with E-state index in [4.69, 9.17) is 27.9 Å². The molecule has 0 radical (unpaired) electrons. The number of nitrogens with one attached hydrogen (secondary N) is 2. The highest BCUT2D eigenvalue weighted by molar-refractivity contribution is 7.92. The van der Waals surface area contributed by atoms with Gasteiger partial charge in [-0.15, -0.1) is 0 Å². The van der Waals surface area contributed by atoms with Crippen LogP contribution in [0.4, 0.5) is 11.4 Å². The number of ether oxygens (including phenoxy) is 1. The molecule has 3 rings (SSSR count). The minimum atomic E-state index is -3.87. The van der Waals surface area contributed by atoms with E-state index in [0.717, 1.165) is 11.1 Å². The van der Waals surface area contributed by atoms with Crippen LogP contribution in [0.2, 0.25) is 10.0 Å². The van der Waals surface area contributed by atoms with Crippen LogP contribution in [-0.4, -0.2) is 20.4 Å². The van der Waals surface area contributed by atoms with Crippen molar-refractivity contribution in [1.82, 2.24) is 0 Å². The van der Waals surface area contributed by atoms with Gasteiger partial charge < -0.3 is 10.1 Å². The van der Waals surface area contributed by atoms with E-state index in [2.05, 4.69) is 10.0 Å². The Kier molecular flexibility index (Phi) is 7.33. The molecule has 32 heavy (non-hydrogen) atoms. The van der Waals surface area contributed by atoms with E-state index >= 15 is 0 Å². The third-order valence-electron chi connectivity index (χ3n) is 4.48. The summed E-state index contributed by atoms with van der Waals surface area (Å²) < 4.78 is 33.4. The minimum absolute atomic E-state index is 0.0149. The second kappa shape index (κ2) is 9.81. The predicted octanol–water partition coefficient (Wildman–Crippen LogP) is 5.82. The SMILES string of the molecule is Cc1cc(C)cc(O[C@H](C)C(=O)Nc2ccc(S(=O)(=O)Nc3ccc(Cl)cc3Cl)cc2)c1. The van der Waals surface area contributed by atoms with Crippen molar-refractivity contribution < 1.29 is 17.9 Å². The Morgan fingerprint density at radius 2 is 1.56 bits per heavy atom. The second-order valence-corrected chi connectivity index (χ2v) is 9.85. The third-order valence-corrected chi connectivity index (χ3v) is 6.41. The van der Waals surface area contributed by atoms with Crippen LogP contribution in [0.5, 0.6) is 5.75 Å². The number of halogens is 2. The topological polar surface area (TPSA) is 84.5 Å². The molecule has 2 N–H and O–H groups in total. The maximum atomic E-state index is 12.6. The highest BCUT2D eigenvalue weighted by atomic mass is 35.5. The lowest BCUT2D eigenvalue weighted by Gasteiger charge is -2.16. The molecule has 0 heterocycles. The van der Waals surface area contributed by atoms with Crippen LogP contribution in [0.25, 0.3) is 0 Å². The van der Waals surface area contributed by atoms with Gasteiger partial charge in [0.25, 0.3) is 15.9 Å². The van der Waals surface area contributed by atoms with Gasteiger partial charge in [0.2, 0.25) is 0 Å². The molecule has 0 bridgehead atoms. The zero-order valence-corrected chi connectivity index (χ0v) is 20.0. The van der Waals surface area contributed by atoms with E-state index in [1.54, 1.807) is 6.92 Å². The molecule has 168 valence electrons.